The van der Waals surface area contributed by atoms with Crippen LogP contribution >= 0.6 is 11.3 Å². The smallest absolute Gasteiger partial charge is 0.338 e. The maximum absolute atomic E-state index is 11.6. The Kier molecular flexibility index (Phi) is 4.63. The number of esters is 1. The van der Waals surface area contributed by atoms with Crippen LogP contribution in [0, 0.1) is 6.92 Å². The second-order valence-electron chi connectivity index (χ2n) is 4.46. The van der Waals surface area contributed by atoms with E-state index in [1.807, 2.05) is 6.07 Å². The van der Waals surface area contributed by atoms with E-state index in [0.29, 0.717) is 17.9 Å². The summed E-state index contributed by atoms with van der Waals surface area (Å²) >= 11 is 1.68. The Balaban J connectivity index is 2.06. The molecule has 1 heterocycles. The molecule has 1 aromatic heterocycles. The van der Waals surface area contributed by atoms with Crippen LogP contribution < -0.4 is 11.1 Å². The molecule has 0 aliphatic rings. The van der Waals surface area contributed by atoms with Gasteiger partial charge in [-0.15, -0.1) is 0 Å². The molecule has 0 fully saturated rings. The third-order valence-corrected chi connectivity index (χ3v) is 3.90. The van der Waals surface area contributed by atoms with Crippen LogP contribution in [0.2, 0.25) is 0 Å². The molecule has 0 aliphatic carbocycles. The normalized spacial score (nSPS) is 10.3. The van der Waals surface area contributed by atoms with Crippen molar-refractivity contribution in [3.63, 3.8) is 0 Å². The molecule has 0 atom stereocenters. The number of carbonyl (C=O) groups is 1. The van der Waals surface area contributed by atoms with Crippen molar-refractivity contribution in [2.75, 3.05) is 17.7 Å². The summed E-state index contributed by atoms with van der Waals surface area (Å²) in [5, 5.41) is 7.52. The molecule has 0 spiro atoms. The van der Waals surface area contributed by atoms with Crippen molar-refractivity contribution in [2.45, 2.75) is 20.4 Å². The number of benzene rings is 1. The van der Waals surface area contributed by atoms with Crippen LogP contribution in [-0.2, 0) is 11.3 Å². The van der Waals surface area contributed by atoms with Gasteiger partial charge in [0.05, 0.1) is 23.5 Å². The SMILES string of the molecule is CCOC(=O)c1ccc(NCc2cscc2C)c(N)c1. The van der Waals surface area contributed by atoms with Crippen molar-refractivity contribution in [3.05, 3.63) is 45.6 Å². The second kappa shape index (κ2) is 6.43. The first-order valence-electron chi connectivity index (χ1n) is 6.44. The Hall–Kier alpha value is -2.01. The maximum atomic E-state index is 11.6. The highest BCUT2D eigenvalue weighted by atomic mass is 32.1. The Labute approximate surface area is 122 Å². The first kappa shape index (κ1) is 14.4. The Morgan fingerprint density at radius 3 is 2.80 bits per heavy atom. The molecule has 0 radical (unpaired) electrons. The highest BCUT2D eigenvalue weighted by Crippen LogP contribution is 2.22. The lowest BCUT2D eigenvalue weighted by Crippen LogP contribution is -2.07. The highest BCUT2D eigenvalue weighted by Gasteiger charge is 2.09. The Bertz CT molecular complexity index is 608. The first-order valence-corrected chi connectivity index (χ1v) is 7.38. The largest absolute Gasteiger partial charge is 0.462 e. The molecule has 20 heavy (non-hydrogen) atoms. The summed E-state index contributed by atoms with van der Waals surface area (Å²) in [6.45, 7) is 4.94. The Morgan fingerprint density at radius 2 is 2.20 bits per heavy atom. The van der Waals surface area contributed by atoms with Crippen molar-refractivity contribution in [1.82, 2.24) is 0 Å². The van der Waals surface area contributed by atoms with E-state index in [1.165, 1.54) is 11.1 Å². The van der Waals surface area contributed by atoms with Gasteiger partial charge < -0.3 is 15.8 Å². The molecule has 1 aromatic carbocycles. The van der Waals surface area contributed by atoms with Crippen LogP contribution in [0.5, 0.6) is 0 Å². The monoisotopic (exact) mass is 290 g/mol. The molecule has 4 nitrogen and oxygen atoms in total. The molecule has 2 aromatic rings. The van der Waals surface area contributed by atoms with Crippen molar-refractivity contribution in [3.8, 4) is 0 Å². The summed E-state index contributed by atoms with van der Waals surface area (Å²) in [6, 6.07) is 5.17. The molecular weight excluding hydrogens is 272 g/mol. The lowest BCUT2D eigenvalue weighted by Gasteiger charge is -2.10. The fourth-order valence-corrected chi connectivity index (χ4v) is 2.68. The summed E-state index contributed by atoms with van der Waals surface area (Å²) in [7, 11) is 0. The van der Waals surface area contributed by atoms with Crippen LogP contribution in [0.3, 0.4) is 0 Å². The van der Waals surface area contributed by atoms with Gasteiger partial charge in [0.25, 0.3) is 0 Å². The number of anilines is 2. The fourth-order valence-electron chi connectivity index (χ4n) is 1.82. The number of carbonyl (C=O) groups excluding carboxylic acids is 1. The fraction of sp³-hybridized carbons (Fsp3) is 0.267. The minimum Gasteiger partial charge on any atom is -0.462 e. The van der Waals surface area contributed by atoms with Gasteiger partial charge in [0.15, 0.2) is 0 Å². The lowest BCUT2D eigenvalue weighted by atomic mass is 10.1. The number of nitrogens with two attached hydrogens (primary N) is 1. The van der Waals surface area contributed by atoms with Gasteiger partial charge in [-0.3, -0.25) is 0 Å². The quantitative estimate of drug-likeness (QED) is 0.654. The van der Waals surface area contributed by atoms with Crippen LogP contribution in [-0.4, -0.2) is 12.6 Å². The number of hydrogen-bond acceptors (Lipinski definition) is 5. The molecule has 106 valence electrons. The molecule has 5 heteroatoms. The predicted molar refractivity (Wildman–Crippen MR) is 83.2 cm³/mol. The number of thiophene rings is 1. The topological polar surface area (TPSA) is 64.3 Å². The zero-order valence-electron chi connectivity index (χ0n) is 11.6. The minimum atomic E-state index is -0.348. The van der Waals surface area contributed by atoms with Gasteiger partial charge in [0, 0.05) is 6.54 Å². The zero-order chi connectivity index (χ0) is 14.5. The average Bonchev–Trinajstić information content (AvgIpc) is 2.83. The van der Waals surface area contributed by atoms with Gasteiger partial charge in [-0.25, -0.2) is 4.79 Å². The third kappa shape index (κ3) is 3.30. The molecule has 2 rings (SSSR count). The summed E-state index contributed by atoms with van der Waals surface area (Å²) in [6.07, 6.45) is 0. The number of nitrogen functional groups attached to an aromatic ring is 1. The molecule has 0 aliphatic heterocycles. The van der Waals surface area contributed by atoms with Crippen molar-refractivity contribution >= 4 is 28.7 Å². The molecule has 0 amide bonds. The maximum Gasteiger partial charge on any atom is 0.338 e. The molecule has 3 N–H and O–H groups in total. The van der Waals surface area contributed by atoms with E-state index in [-0.39, 0.29) is 5.97 Å². The molecule has 0 saturated carbocycles. The standard InChI is InChI=1S/C15H18N2O2S/c1-3-19-15(18)11-4-5-14(13(16)6-11)17-7-12-9-20-8-10(12)2/h4-6,8-9,17H,3,7,16H2,1-2H3. The van der Waals surface area contributed by atoms with E-state index < -0.39 is 0 Å². The van der Waals surface area contributed by atoms with Gasteiger partial charge in [0.1, 0.15) is 0 Å². The summed E-state index contributed by atoms with van der Waals surface area (Å²) in [5.41, 5.74) is 10.3. The van der Waals surface area contributed by atoms with Gasteiger partial charge >= 0.3 is 5.97 Å². The number of hydrogen-bond donors (Lipinski definition) is 2. The zero-order valence-corrected chi connectivity index (χ0v) is 12.4. The number of ether oxygens (including phenoxy) is 1. The summed E-state index contributed by atoms with van der Waals surface area (Å²) < 4.78 is 4.94. The van der Waals surface area contributed by atoms with Gasteiger partial charge in [-0.1, -0.05) is 0 Å². The van der Waals surface area contributed by atoms with Crippen molar-refractivity contribution in [2.24, 2.45) is 0 Å². The van der Waals surface area contributed by atoms with Crippen molar-refractivity contribution in [1.29, 1.82) is 0 Å². The van der Waals surface area contributed by atoms with Crippen LogP contribution in [0.4, 0.5) is 11.4 Å². The van der Waals surface area contributed by atoms with E-state index in [0.717, 1.165) is 12.2 Å². The number of nitrogens with one attached hydrogen (secondary N) is 1. The van der Waals surface area contributed by atoms with E-state index in [4.69, 9.17) is 10.5 Å². The van der Waals surface area contributed by atoms with Crippen LogP contribution in [0.25, 0.3) is 0 Å². The van der Waals surface area contributed by atoms with E-state index in [2.05, 4.69) is 23.0 Å². The van der Waals surface area contributed by atoms with E-state index in [9.17, 15) is 4.79 Å². The van der Waals surface area contributed by atoms with Crippen LogP contribution in [0.15, 0.2) is 29.0 Å². The predicted octanol–water partition coefficient (Wildman–Crippen LogP) is 3.43. The Morgan fingerprint density at radius 1 is 1.40 bits per heavy atom. The second-order valence-corrected chi connectivity index (χ2v) is 5.20. The van der Waals surface area contributed by atoms with Gasteiger partial charge in [-0.05, 0) is 53.9 Å². The average molecular weight is 290 g/mol. The summed E-state index contributed by atoms with van der Waals surface area (Å²) in [5.74, 6) is -0.348. The highest BCUT2D eigenvalue weighted by molar-refractivity contribution is 7.08. The molecule has 0 bridgehead atoms. The third-order valence-electron chi connectivity index (χ3n) is 2.99. The first-order chi connectivity index (χ1) is 9.61. The van der Waals surface area contributed by atoms with Crippen molar-refractivity contribution < 1.29 is 9.53 Å². The minimum absolute atomic E-state index is 0.348. The molecule has 0 saturated heterocycles. The molecule has 0 unspecified atom stereocenters. The number of aryl methyl sites for hydroxylation is 1. The molecular formula is C15H18N2O2S. The van der Waals surface area contributed by atoms with Gasteiger partial charge in [0.2, 0.25) is 0 Å². The van der Waals surface area contributed by atoms with E-state index in [1.54, 1.807) is 30.4 Å². The van der Waals surface area contributed by atoms with Crippen LogP contribution in [0.1, 0.15) is 28.4 Å². The van der Waals surface area contributed by atoms with Gasteiger partial charge in [-0.2, -0.15) is 11.3 Å². The lowest BCUT2D eigenvalue weighted by molar-refractivity contribution is 0.0526. The van der Waals surface area contributed by atoms with E-state index >= 15 is 0 Å². The number of rotatable bonds is 5. The summed E-state index contributed by atoms with van der Waals surface area (Å²) in [4.78, 5) is 11.6.